The lowest BCUT2D eigenvalue weighted by Crippen LogP contribution is -2.14. The summed E-state index contributed by atoms with van der Waals surface area (Å²) in [4.78, 5) is 10.2. The van der Waals surface area contributed by atoms with Crippen molar-refractivity contribution >= 4 is 17.0 Å². The Bertz CT molecular complexity index is 216. The summed E-state index contributed by atoms with van der Waals surface area (Å²) in [6, 6.07) is 0. The van der Waals surface area contributed by atoms with Crippen LogP contribution in [0.1, 0.15) is 0 Å². The molecule has 0 saturated carbocycles. The van der Waals surface area contributed by atoms with Gasteiger partial charge in [0, 0.05) is 18.7 Å². The monoisotopic (exact) mass is 314 g/mol. The van der Waals surface area contributed by atoms with Crippen LogP contribution < -0.4 is 0 Å². The zero-order valence-electron chi connectivity index (χ0n) is 11.8. The smallest absolute Gasteiger partial charge is 0.403 e. The third-order valence-electron chi connectivity index (χ3n) is 1.99. The molecule has 0 heterocycles. The molecule has 0 N–H and O–H groups in total. The lowest BCUT2D eigenvalue weighted by atomic mass is 10.7. The number of halogens is 1. The second-order valence-corrected chi connectivity index (χ2v) is 3.84. The van der Waals surface area contributed by atoms with Crippen LogP contribution in [0.2, 0.25) is 0 Å². The molecule has 0 aliphatic carbocycles. The molecule has 0 spiro atoms. The zero-order chi connectivity index (χ0) is 14.9. The molecule has 0 fully saturated rings. The Balaban J connectivity index is 2.94. The molecule has 0 rings (SSSR count). The topological polar surface area (TPSA) is 72.5 Å². The molecule has 0 amide bonds. The Hall–Kier alpha value is -0.440. The average Bonchev–Trinajstić information content (AvgIpc) is 2.43. The van der Waals surface area contributed by atoms with Gasteiger partial charge in [-0.25, -0.2) is 4.79 Å². The summed E-state index contributed by atoms with van der Waals surface area (Å²) in [7, 11) is 1.63. The predicted octanol–water partition coefficient (Wildman–Crippen LogP) is 1.07. The summed E-state index contributed by atoms with van der Waals surface area (Å²) < 4.78 is 30.2. The highest BCUT2D eigenvalue weighted by Crippen LogP contribution is 1.87. The molecule has 7 nitrogen and oxygen atoms in total. The molecule has 0 aromatic heterocycles. The molecule has 0 bridgehead atoms. The first-order valence-corrected chi connectivity index (χ1v) is 6.77. The van der Waals surface area contributed by atoms with E-state index in [-0.39, 0.29) is 6.61 Å². The molecule has 0 radical (unpaired) electrons. The van der Waals surface area contributed by atoms with Gasteiger partial charge in [-0.1, -0.05) is 0 Å². The van der Waals surface area contributed by atoms with E-state index < -0.39 is 5.43 Å². The molecular weight excluding hydrogens is 292 g/mol. The van der Waals surface area contributed by atoms with Gasteiger partial charge in [-0.05, 0) is 0 Å². The highest BCUT2D eigenvalue weighted by atomic mass is 35.5. The standard InChI is InChI=1S/C12H23ClO7/c1-15-2-3-16-4-5-17-6-7-18-8-9-19-10-11-20-12(13)14/h2-11H2,1H3. The van der Waals surface area contributed by atoms with Gasteiger partial charge in [-0.2, -0.15) is 0 Å². The molecule has 0 aliphatic heterocycles. The maximum absolute atomic E-state index is 10.2. The van der Waals surface area contributed by atoms with Crippen LogP contribution in [0.5, 0.6) is 0 Å². The van der Waals surface area contributed by atoms with E-state index in [0.717, 1.165) is 0 Å². The highest BCUT2D eigenvalue weighted by molar-refractivity contribution is 6.61. The van der Waals surface area contributed by atoms with Crippen molar-refractivity contribution in [2.45, 2.75) is 0 Å². The molecule has 20 heavy (non-hydrogen) atoms. The number of ether oxygens (including phenoxy) is 6. The van der Waals surface area contributed by atoms with Crippen LogP contribution in [0.25, 0.3) is 0 Å². The lowest BCUT2D eigenvalue weighted by molar-refractivity contribution is -0.0107. The van der Waals surface area contributed by atoms with E-state index in [1.807, 2.05) is 0 Å². The third kappa shape index (κ3) is 17.6. The number of carbonyl (C=O) groups is 1. The minimum absolute atomic E-state index is 0.147. The third-order valence-corrected chi connectivity index (χ3v) is 2.10. The van der Waals surface area contributed by atoms with Crippen molar-refractivity contribution in [3.63, 3.8) is 0 Å². The fourth-order valence-corrected chi connectivity index (χ4v) is 1.16. The Morgan fingerprint density at radius 1 is 0.700 bits per heavy atom. The van der Waals surface area contributed by atoms with Crippen molar-refractivity contribution in [1.82, 2.24) is 0 Å². The number of hydrogen-bond acceptors (Lipinski definition) is 7. The lowest BCUT2D eigenvalue weighted by Gasteiger charge is -2.07. The first-order chi connectivity index (χ1) is 9.77. The Morgan fingerprint density at radius 3 is 1.40 bits per heavy atom. The SMILES string of the molecule is COCCOCCOCCOCCOCCOC(=O)Cl. The van der Waals surface area contributed by atoms with E-state index in [9.17, 15) is 4.79 Å². The molecule has 0 aromatic rings. The van der Waals surface area contributed by atoms with E-state index >= 15 is 0 Å². The van der Waals surface area contributed by atoms with Crippen LogP contribution in [0.3, 0.4) is 0 Å². The van der Waals surface area contributed by atoms with Gasteiger partial charge in [-0.3, -0.25) is 0 Å². The van der Waals surface area contributed by atoms with Crippen LogP contribution in [0.15, 0.2) is 0 Å². The van der Waals surface area contributed by atoms with Crippen molar-refractivity contribution in [3.8, 4) is 0 Å². The first-order valence-electron chi connectivity index (χ1n) is 6.39. The number of methoxy groups -OCH3 is 1. The molecular formula is C12H23ClO7. The molecule has 8 heteroatoms. The van der Waals surface area contributed by atoms with E-state index in [1.165, 1.54) is 0 Å². The molecule has 0 aliphatic rings. The summed E-state index contributed by atoms with van der Waals surface area (Å²) in [5.74, 6) is 0. The second-order valence-electron chi connectivity index (χ2n) is 3.53. The van der Waals surface area contributed by atoms with Crippen LogP contribution in [-0.4, -0.2) is 78.6 Å². The van der Waals surface area contributed by atoms with Gasteiger partial charge >= 0.3 is 5.43 Å². The van der Waals surface area contributed by atoms with Crippen LogP contribution in [0.4, 0.5) is 4.79 Å². The normalized spacial score (nSPS) is 10.7. The van der Waals surface area contributed by atoms with Gasteiger partial charge in [0.1, 0.15) is 6.61 Å². The highest BCUT2D eigenvalue weighted by Gasteiger charge is 1.95. The van der Waals surface area contributed by atoms with E-state index in [0.29, 0.717) is 59.5 Å². The first kappa shape index (κ1) is 19.6. The maximum atomic E-state index is 10.2. The van der Waals surface area contributed by atoms with Crippen molar-refractivity contribution in [2.24, 2.45) is 0 Å². The Morgan fingerprint density at radius 2 is 1.05 bits per heavy atom. The number of carbonyl (C=O) groups excluding carboxylic acids is 1. The van der Waals surface area contributed by atoms with Crippen molar-refractivity contribution in [2.75, 3.05) is 73.2 Å². The fraction of sp³-hybridized carbons (Fsp3) is 0.917. The number of hydrogen-bond donors (Lipinski definition) is 0. The van der Waals surface area contributed by atoms with E-state index in [4.69, 9.17) is 35.3 Å². The minimum Gasteiger partial charge on any atom is -0.451 e. The van der Waals surface area contributed by atoms with Gasteiger partial charge in [0.15, 0.2) is 0 Å². The molecule has 0 unspecified atom stereocenters. The van der Waals surface area contributed by atoms with Gasteiger partial charge in [0.25, 0.3) is 0 Å². The van der Waals surface area contributed by atoms with Crippen molar-refractivity contribution in [3.05, 3.63) is 0 Å². The molecule has 0 atom stereocenters. The summed E-state index contributed by atoms with van der Waals surface area (Å²) in [6.45, 7) is 4.60. The summed E-state index contributed by atoms with van der Waals surface area (Å²) in [6.07, 6.45) is 0. The summed E-state index contributed by atoms with van der Waals surface area (Å²) >= 11 is 4.97. The summed E-state index contributed by atoms with van der Waals surface area (Å²) in [5.41, 5.74) is -0.826. The van der Waals surface area contributed by atoms with Crippen LogP contribution in [-0.2, 0) is 28.4 Å². The fourth-order valence-electron chi connectivity index (χ4n) is 1.08. The largest absolute Gasteiger partial charge is 0.451 e. The summed E-state index contributed by atoms with van der Waals surface area (Å²) in [5, 5.41) is 0. The van der Waals surface area contributed by atoms with Gasteiger partial charge < -0.3 is 28.4 Å². The van der Waals surface area contributed by atoms with Crippen molar-refractivity contribution < 1.29 is 33.2 Å². The quantitative estimate of drug-likeness (QED) is 0.331. The van der Waals surface area contributed by atoms with Gasteiger partial charge in [-0.15, -0.1) is 0 Å². The number of rotatable bonds is 15. The van der Waals surface area contributed by atoms with Gasteiger partial charge in [0.05, 0.1) is 59.5 Å². The molecule has 120 valence electrons. The Labute approximate surface area is 124 Å². The molecule has 0 aromatic carbocycles. The van der Waals surface area contributed by atoms with Crippen LogP contribution >= 0.6 is 11.6 Å². The zero-order valence-corrected chi connectivity index (χ0v) is 12.6. The second kappa shape index (κ2) is 16.6. The van der Waals surface area contributed by atoms with E-state index in [1.54, 1.807) is 7.11 Å². The van der Waals surface area contributed by atoms with E-state index in [2.05, 4.69) is 4.74 Å². The minimum atomic E-state index is -0.826. The maximum Gasteiger partial charge on any atom is 0.403 e. The average molecular weight is 315 g/mol. The Kier molecular flexibility index (Phi) is 16.2. The van der Waals surface area contributed by atoms with Crippen molar-refractivity contribution in [1.29, 1.82) is 0 Å². The predicted molar refractivity (Wildman–Crippen MR) is 72.4 cm³/mol. The molecule has 0 saturated heterocycles. The van der Waals surface area contributed by atoms with Crippen LogP contribution in [0, 0.1) is 0 Å². The van der Waals surface area contributed by atoms with Gasteiger partial charge in [0.2, 0.25) is 0 Å².